The second kappa shape index (κ2) is 5.51. The highest BCUT2D eigenvalue weighted by atomic mass is 19.1. The number of anilines is 1. The normalized spacial score (nSPS) is 10.3. The first-order valence-electron chi connectivity index (χ1n) is 5.84. The third-order valence-corrected chi connectivity index (χ3v) is 2.53. The number of rotatable bonds is 3. The molecule has 5 nitrogen and oxygen atoms in total. The lowest BCUT2D eigenvalue weighted by molar-refractivity contribution is -0.115. The van der Waals surface area contributed by atoms with Gasteiger partial charge in [-0.2, -0.15) is 0 Å². The van der Waals surface area contributed by atoms with Crippen molar-refractivity contribution in [2.24, 2.45) is 0 Å². The number of carbonyl (C=O) groups excluding carboxylic acids is 1. The average molecular weight is 260 g/mol. The minimum absolute atomic E-state index is 0.127. The lowest BCUT2D eigenvalue weighted by atomic mass is 10.2. The summed E-state index contributed by atoms with van der Waals surface area (Å²) in [5.41, 5.74) is 1.63. The van der Waals surface area contributed by atoms with E-state index in [1.807, 2.05) is 0 Å². The summed E-state index contributed by atoms with van der Waals surface area (Å²) in [7, 11) is 0. The molecule has 0 aliphatic rings. The summed E-state index contributed by atoms with van der Waals surface area (Å²) in [5, 5.41) is 2.65. The van der Waals surface area contributed by atoms with Crippen molar-refractivity contribution in [2.75, 3.05) is 5.32 Å². The van der Waals surface area contributed by atoms with Crippen LogP contribution in [0.4, 0.5) is 10.2 Å². The Kier molecular flexibility index (Phi) is 3.79. The van der Waals surface area contributed by atoms with Crippen molar-refractivity contribution in [2.45, 2.75) is 20.3 Å². The lowest BCUT2D eigenvalue weighted by Gasteiger charge is -2.07. The highest BCUT2D eigenvalue weighted by Crippen LogP contribution is 2.19. The zero-order valence-electron chi connectivity index (χ0n) is 10.6. The summed E-state index contributed by atoms with van der Waals surface area (Å²) in [6.45, 7) is 3.49. The standard InChI is InChI=1S/C13H13FN4O/c1-3-12(19)18-13-8(2)17-11(7-16-13)9-4-10(14)6-15-5-9/h4-7H,3H2,1-2H3,(H,16,18,19). The van der Waals surface area contributed by atoms with Crippen LogP contribution in [-0.2, 0) is 4.79 Å². The summed E-state index contributed by atoms with van der Waals surface area (Å²) >= 11 is 0. The molecular weight excluding hydrogens is 247 g/mol. The lowest BCUT2D eigenvalue weighted by Crippen LogP contribution is -2.12. The minimum atomic E-state index is -0.430. The molecule has 2 aromatic heterocycles. The number of nitrogens with one attached hydrogen (secondary N) is 1. The third kappa shape index (κ3) is 3.09. The van der Waals surface area contributed by atoms with Gasteiger partial charge >= 0.3 is 0 Å². The van der Waals surface area contributed by atoms with Crippen LogP contribution in [-0.4, -0.2) is 20.9 Å². The summed E-state index contributed by atoms with van der Waals surface area (Å²) in [4.78, 5) is 23.5. The number of nitrogens with zero attached hydrogens (tertiary/aromatic N) is 3. The largest absolute Gasteiger partial charge is 0.309 e. The van der Waals surface area contributed by atoms with Crippen molar-refractivity contribution < 1.29 is 9.18 Å². The zero-order chi connectivity index (χ0) is 13.8. The van der Waals surface area contributed by atoms with Crippen molar-refractivity contribution in [3.8, 4) is 11.3 Å². The summed E-state index contributed by atoms with van der Waals surface area (Å²) in [6.07, 6.45) is 4.49. The van der Waals surface area contributed by atoms with Crippen LogP contribution >= 0.6 is 0 Å². The van der Waals surface area contributed by atoms with Crippen LogP contribution in [0.1, 0.15) is 19.0 Å². The van der Waals surface area contributed by atoms with Crippen molar-refractivity contribution in [1.82, 2.24) is 15.0 Å². The van der Waals surface area contributed by atoms with E-state index in [0.29, 0.717) is 29.2 Å². The maximum atomic E-state index is 13.1. The predicted molar refractivity (Wildman–Crippen MR) is 68.9 cm³/mol. The summed E-state index contributed by atoms with van der Waals surface area (Å²) < 4.78 is 13.1. The number of hydrogen-bond donors (Lipinski definition) is 1. The molecular formula is C13H13FN4O. The number of hydrogen-bond acceptors (Lipinski definition) is 4. The van der Waals surface area contributed by atoms with Crippen LogP contribution in [0.25, 0.3) is 11.3 Å². The fourth-order valence-corrected chi connectivity index (χ4v) is 1.52. The maximum Gasteiger partial charge on any atom is 0.225 e. The van der Waals surface area contributed by atoms with Crippen LogP contribution in [0.5, 0.6) is 0 Å². The Bertz CT molecular complexity index is 615. The number of halogens is 1. The molecule has 98 valence electrons. The molecule has 0 fully saturated rings. The molecule has 0 bridgehead atoms. The first kappa shape index (κ1) is 13.1. The van der Waals surface area contributed by atoms with Crippen molar-refractivity contribution in [3.05, 3.63) is 36.2 Å². The SMILES string of the molecule is CCC(=O)Nc1ncc(-c2cncc(F)c2)nc1C. The highest BCUT2D eigenvalue weighted by Gasteiger charge is 2.08. The molecule has 1 amide bonds. The van der Waals surface area contributed by atoms with Gasteiger partial charge in [-0.15, -0.1) is 0 Å². The summed E-state index contributed by atoms with van der Waals surface area (Å²) in [6, 6.07) is 1.33. The molecule has 0 saturated carbocycles. The van der Waals surface area contributed by atoms with Gasteiger partial charge in [0, 0.05) is 18.2 Å². The van der Waals surface area contributed by atoms with Gasteiger partial charge in [0.2, 0.25) is 5.91 Å². The number of aromatic nitrogens is 3. The molecule has 2 heterocycles. The first-order valence-corrected chi connectivity index (χ1v) is 5.84. The molecule has 2 rings (SSSR count). The number of carbonyl (C=O) groups is 1. The van der Waals surface area contributed by atoms with Gasteiger partial charge in [0.25, 0.3) is 0 Å². The first-order chi connectivity index (χ1) is 9.10. The molecule has 6 heteroatoms. The second-order valence-electron chi connectivity index (χ2n) is 3.98. The molecule has 0 radical (unpaired) electrons. The molecule has 19 heavy (non-hydrogen) atoms. The molecule has 1 N–H and O–H groups in total. The van der Waals surface area contributed by atoms with Gasteiger partial charge in [0.1, 0.15) is 5.82 Å². The van der Waals surface area contributed by atoms with E-state index in [1.54, 1.807) is 13.8 Å². The molecule has 0 aliphatic carbocycles. The van der Waals surface area contributed by atoms with E-state index >= 15 is 0 Å². The smallest absolute Gasteiger partial charge is 0.225 e. The fraction of sp³-hybridized carbons (Fsp3) is 0.231. The van der Waals surface area contributed by atoms with E-state index in [0.717, 1.165) is 6.20 Å². The van der Waals surface area contributed by atoms with Crippen LogP contribution in [0.2, 0.25) is 0 Å². The van der Waals surface area contributed by atoms with E-state index in [2.05, 4.69) is 20.3 Å². The van der Waals surface area contributed by atoms with E-state index in [4.69, 9.17) is 0 Å². The van der Waals surface area contributed by atoms with Gasteiger partial charge in [-0.25, -0.2) is 14.4 Å². The Morgan fingerprint density at radius 3 is 2.79 bits per heavy atom. The van der Waals surface area contributed by atoms with Gasteiger partial charge in [-0.05, 0) is 13.0 Å². The molecule has 2 aromatic rings. The second-order valence-corrected chi connectivity index (χ2v) is 3.98. The highest BCUT2D eigenvalue weighted by molar-refractivity contribution is 5.90. The third-order valence-electron chi connectivity index (χ3n) is 2.53. The van der Waals surface area contributed by atoms with Gasteiger partial charge in [0.05, 0.1) is 23.8 Å². The molecule has 0 aliphatic heterocycles. The molecule has 0 unspecified atom stereocenters. The van der Waals surface area contributed by atoms with Crippen molar-refractivity contribution in [3.63, 3.8) is 0 Å². The average Bonchev–Trinajstić information content (AvgIpc) is 2.41. The van der Waals surface area contributed by atoms with Gasteiger partial charge in [0.15, 0.2) is 5.82 Å². The van der Waals surface area contributed by atoms with Crippen LogP contribution in [0.15, 0.2) is 24.7 Å². The number of amides is 1. The Balaban J connectivity index is 2.31. The fourth-order valence-electron chi connectivity index (χ4n) is 1.52. The maximum absolute atomic E-state index is 13.1. The van der Waals surface area contributed by atoms with E-state index in [-0.39, 0.29) is 5.91 Å². The van der Waals surface area contributed by atoms with Crippen LogP contribution < -0.4 is 5.32 Å². The van der Waals surface area contributed by atoms with E-state index < -0.39 is 5.82 Å². The minimum Gasteiger partial charge on any atom is -0.309 e. The van der Waals surface area contributed by atoms with E-state index in [1.165, 1.54) is 18.5 Å². The quantitative estimate of drug-likeness (QED) is 0.919. The molecule has 0 spiro atoms. The summed E-state index contributed by atoms with van der Waals surface area (Å²) in [5.74, 6) is -0.141. The number of pyridine rings is 1. The Morgan fingerprint density at radius 2 is 2.16 bits per heavy atom. The Morgan fingerprint density at radius 1 is 1.37 bits per heavy atom. The number of aryl methyl sites for hydroxylation is 1. The Hall–Kier alpha value is -2.37. The van der Waals surface area contributed by atoms with Gasteiger partial charge in [-0.3, -0.25) is 9.78 Å². The van der Waals surface area contributed by atoms with Crippen LogP contribution in [0, 0.1) is 12.7 Å². The monoisotopic (exact) mass is 260 g/mol. The predicted octanol–water partition coefficient (Wildman–Crippen LogP) is 2.33. The molecule has 0 atom stereocenters. The van der Waals surface area contributed by atoms with Crippen molar-refractivity contribution in [1.29, 1.82) is 0 Å². The Labute approximate surface area is 109 Å². The molecule has 0 aromatic carbocycles. The molecule has 0 saturated heterocycles. The van der Waals surface area contributed by atoms with Crippen LogP contribution in [0.3, 0.4) is 0 Å². The van der Waals surface area contributed by atoms with Gasteiger partial charge < -0.3 is 5.32 Å². The zero-order valence-corrected chi connectivity index (χ0v) is 10.6. The van der Waals surface area contributed by atoms with Crippen molar-refractivity contribution >= 4 is 11.7 Å². The van der Waals surface area contributed by atoms with Gasteiger partial charge in [-0.1, -0.05) is 6.92 Å². The topological polar surface area (TPSA) is 67.8 Å². The van der Waals surface area contributed by atoms with E-state index in [9.17, 15) is 9.18 Å².